The summed E-state index contributed by atoms with van der Waals surface area (Å²) in [6.45, 7) is 10.7. The van der Waals surface area contributed by atoms with Crippen molar-refractivity contribution in [2.45, 2.75) is 137 Å². The molecule has 4 atom stereocenters. The monoisotopic (exact) mass is 794 g/mol. The number of rotatable bonds is 12. The largest absolute Gasteiger partial charge is 0.241 e. The van der Waals surface area contributed by atoms with E-state index in [4.69, 9.17) is 0 Å². The summed E-state index contributed by atoms with van der Waals surface area (Å²) < 4.78 is 120. The average Bonchev–Trinajstić information content (AvgIpc) is 3.01. The van der Waals surface area contributed by atoms with E-state index in [0.29, 0.717) is 73.6 Å². The Kier molecular flexibility index (Phi) is 12.1. The molecule has 3 aromatic rings. The molecule has 5 rings (SSSR count). The molecular weight excluding hydrogens is 745 g/mol. The van der Waals surface area contributed by atoms with E-state index in [1.54, 1.807) is 52.0 Å². The van der Waals surface area contributed by atoms with Gasteiger partial charge in [-0.25, -0.2) is 52.6 Å². The minimum absolute atomic E-state index is 0.170. The standard InChI is InChI=1S/C36H50N4O8S4/c1-23-18-25(3)35(26(4)19-23)51(45,46)39-33-16-9-7-14-31(33)37-49(41,42)29-12-11-13-30(22-29)50(43,44)38-32-15-8-10-17-34(32)40-52(47,48)36-27(5)20-24(2)21-28(36)6/h11-13,18-22,31-34,37-40H,7-10,14-17H2,1-6H3/t31-,32-,33-,34-/m1/s1. The minimum atomic E-state index is -4.30. The van der Waals surface area contributed by atoms with Gasteiger partial charge in [0.1, 0.15) is 0 Å². The van der Waals surface area contributed by atoms with Crippen molar-refractivity contribution >= 4 is 40.1 Å². The fraction of sp³-hybridized carbons (Fsp3) is 0.500. The lowest BCUT2D eigenvalue weighted by Crippen LogP contribution is -2.53. The molecule has 2 fully saturated rings. The molecule has 0 aliphatic heterocycles. The number of hydrogen-bond acceptors (Lipinski definition) is 8. The summed E-state index contributed by atoms with van der Waals surface area (Å²) in [4.78, 5) is -0.244. The quantitative estimate of drug-likeness (QED) is 0.204. The smallest absolute Gasteiger partial charge is 0.207 e. The van der Waals surface area contributed by atoms with Crippen molar-refractivity contribution in [3.05, 3.63) is 81.9 Å². The second kappa shape index (κ2) is 15.6. The van der Waals surface area contributed by atoms with Crippen LogP contribution in [0.5, 0.6) is 0 Å². The van der Waals surface area contributed by atoms with Crippen LogP contribution >= 0.6 is 0 Å². The molecule has 16 heteroatoms. The molecule has 0 radical (unpaired) electrons. The molecule has 286 valence electrons. The third-order valence-corrected chi connectivity index (χ3v) is 16.5. The second-order valence-corrected chi connectivity index (χ2v) is 21.1. The van der Waals surface area contributed by atoms with Gasteiger partial charge in [0.15, 0.2) is 0 Å². The molecule has 0 spiro atoms. The van der Waals surface area contributed by atoms with E-state index in [9.17, 15) is 33.7 Å². The van der Waals surface area contributed by atoms with Gasteiger partial charge in [-0.2, -0.15) is 0 Å². The van der Waals surface area contributed by atoms with Gasteiger partial charge in [-0.3, -0.25) is 0 Å². The van der Waals surface area contributed by atoms with Crippen molar-refractivity contribution in [2.75, 3.05) is 0 Å². The van der Waals surface area contributed by atoms with Crippen molar-refractivity contribution in [1.82, 2.24) is 18.9 Å². The van der Waals surface area contributed by atoms with Crippen LogP contribution in [0.3, 0.4) is 0 Å². The first kappa shape index (κ1) is 40.5. The van der Waals surface area contributed by atoms with Crippen LogP contribution in [0, 0.1) is 41.5 Å². The first-order valence-electron chi connectivity index (χ1n) is 17.6. The molecule has 3 aromatic carbocycles. The van der Waals surface area contributed by atoms with E-state index in [0.717, 1.165) is 17.2 Å². The molecule has 0 heterocycles. The SMILES string of the molecule is Cc1cc(C)c(S(=O)(=O)N[C@@H]2CCCC[C@H]2NS(=O)(=O)c2cccc(S(=O)(=O)N[C@@H]3CCCC[C@H]3NS(=O)(=O)c3c(C)cc(C)cc3C)c2)c(C)c1. The Bertz CT molecular complexity index is 2070. The Hall–Kier alpha value is -2.70. The molecule has 0 amide bonds. The summed E-state index contributed by atoms with van der Waals surface area (Å²) >= 11 is 0. The highest BCUT2D eigenvalue weighted by Crippen LogP contribution is 2.29. The Morgan fingerprint density at radius 2 is 0.692 bits per heavy atom. The second-order valence-electron chi connectivity index (χ2n) is 14.4. The topological polar surface area (TPSA) is 185 Å². The molecule has 4 N–H and O–H groups in total. The minimum Gasteiger partial charge on any atom is -0.207 e. The summed E-state index contributed by atoms with van der Waals surface area (Å²) in [5, 5.41) is 0. The van der Waals surface area contributed by atoms with Gasteiger partial charge >= 0.3 is 0 Å². The van der Waals surface area contributed by atoms with Crippen molar-refractivity contribution in [3.8, 4) is 0 Å². The maximum atomic E-state index is 13.7. The lowest BCUT2D eigenvalue weighted by Gasteiger charge is -2.33. The van der Waals surface area contributed by atoms with Crippen LogP contribution in [-0.2, 0) is 40.1 Å². The van der Waals surface area contributed by atoms with Gasteiger partial charge in [0, 0.05) is 24.2 Å². The molecule has 52 heavy (non-hydrogen) atoms. The summed E-state index contributed by atoms with van der Waals surface area (Å²) in [5.41, 5.74) is 4.25. The zero-order valence-electron chi connectivity index (χ0n) is 30.5. The molecule has 0 unspecified atom stereocenters. The normalized spacial score (nSPS) is 22.0. The van der Waals surface area contributed by atoms with Gasteiger partial charge in [0.05, 0.1) is 19.6 Å². The number of benzene rings is 3. The first-order chi connectivity index (χ1) is 24.2. The molecule has 0 saturated heterocycles. The van der Waals surface area contributed by atoms with Crippen LogP contribution in [0.1, 0.15) is 84.7 Å². The van der Waals surface area contributed by atoms with Gasteiger partial charge in [0.2, 0.25) is 40.1 Å². The van der Waals surface area contributed by atoms with E-state index in [2.05, 4.69) is 18.9 Å². The summed E-state index contributed by atoms with van der Waals surface area (Å²) in [6, 6.07) is 9.14. The summed E-state index contributed by atoms with van der Waals surface area (Å²) in [5.74, 6) is 0. The van der Waals surface area contributed by atoms with E-state index >= 15 is 0 Å². The van der Waals surface area contributed by atoms with Gasteiger partial charge in [-0.1, -0.05) is 67.1 Å². The summed E-state index contributed by atoms with van der Waals surface area (Å²) in [6.07, 6.45) is 4.40. The van der Waals surface area contributed by atoms with Gasteiger partial charge < -0.3 is 0 Å². The fourth-order valence-electron chi connectivity index (χ4n) is 7.87. The highest BCUT2D eigenvalue weighted by molar-refractivity contribution is 7.90. The Morgan fingerprint density at radius 1 is 0.423 bits per heavy atom. The van der Waals surface area contributed by atoms with Crippen LogP contribution in [-0.4, -0.2) is 57.8 Å². The Labute approximate surface area is 309 Å². The van der Waals surface area contributed by atoms with E-state index in [1.165, 1.54) is 18.2 Å². The third kappa shape index (κ3) is 9.14. The lowest BCUT2D eigenvalue weighted by atomic mass is 9.92. The van der Waals surface area contributed by atoms with Crippen molar-refractivity contribution < 1.29 is 33.7 Å². The zero-order chi connectivity index (χ0) is 38.2. The van der Waals surface area contributed by atoms with E-state index in [1.807, 2.05) is 13.8 Å². The molecule has 0 bridgehead atoms. The lowest BCUT2D eigenvalue weighted by molar-refractivity contribution is 0.339. The van der Waals surface area contributed by atoms with Gasteiger partial charge in [-0.05, 0) is 108 Å². The first-order valence-corrected chi connectivity index (χ1v) is 23.5. The van der Waals surface area contributed by atoms with Crippen molar-refractivity contribution in [2.24, 2.45) is 0 Å². The number of aryl methyl sites for hydroxylation is 6. The Morgan fingerprint density at radius 3 is 0.981 bits per heavy atom. The van der Waals surface area contributed by atoms with Crippen LogP contribution < -0.4 is 18.9 Å². The predicted octanol–water partition coefficient (Wildman–Crippen LogP) is 4.67. The van der Waals surface area contributed by atoms with E-state index < -0.39 is 64.3 Å². The zero-order valence-corrected chi connectivity index (χ0v) is 33.8. The number of nitrogens with one attached hydrogen (secondary N) is 4. The van der Waals surface area contributed by atoms with Crippen LogP contribution in [0.25, 0.3) is 0 Å². The highest BCUT2D eigenvalue weighted by Gasteiger charge is 2.36. The van der Waals surface area contributed by atoms with Crippen LogP contribution in [0.4, 0.5) is 0 Å². The number of sulfonamides is 4. The maximum absolute atomic E-state index is 13.7. The third-order valence-electron chi connectivity index (χ3n) is 9.93. The predicted molar refractivity (Wildman–Crippen MR) is 201 cm³/mol. The summed E-state index contributed by atoms with van der Waals surface area (Å²) in [7, 11) is -16.6. The molecule has 0 aromatic heterocycles. The Balaban J connectivity index is 1.34. The van der Waals surface area contributed by atoms with Crippen LogP contribution in [0.15, 0.2) is 68.1 Å². The molecular formula is C36H50N4O8S4. The van der Waals surface area contributed by atoms with E-state index in [-0.39, 0.29) is 19.6 Å². The van der Waals surface area contributed by atoms with Crippen molar-refractivity contribution in [3.63, 3.8) is 0 Å². The fourth-order valence-corrected chi connectivity index (χ4v) is 14.2. The molecule has 12 nitrogen and oxygen atoms in total. The molecule has 2 aliphatic carbocycles. The van der Waals surface area contributed by atoms with Crippen LogP contribution in [0.2, 0.25) is 0 Å². The van der Waals surface area contributed by atoms with Gasteiger partial charge in [0.25, 0.3) is 0 Å². The molecule has 2 aliphatic rings. The number of hydrogen-bond donors (Lipinski definition) is 4. The maximum Gasteiger partial charge on any atom is 0.241 e. The average molecular weight is 795 g/mol. The molecule has 2 saturated carbocycles. The highest BCUT2D eigenvalue weighted by atomic mass is 32.2. The van der Waals surface area contributed by atoms with Crippen molar-refractivity contribution in [1.29, 1.82) is 0 Å². The van der Waals surface area contributed by atoms with Gasteiger partial charge in [-0.15, -0.1) is 0 Å².